The fourth-order valence-electron chi connectivity index (χ4n) is 1.41. The molecule has 1 rings (SSSR count). The zero-order chi connectivity index (χ0) is 12.5. The molecule has 3 amide bonds. The number of nitrogens with zero attached hydrogens (tertiary/aromatic N) is 2. The molecule has 0 atom stereocenters. The number of rotatable bonds is 4. The average Bonchev–Trinajstić information content (AvgIpc) is 2.37. The van der Waals surface area contributed by atoms with E-state index in [1.165, 1.54) is 0 Å². The Morgan fingerprint density at radius 2 is 2.18 bits per heavy atom. The van der Waals surface area contributed by atoms with Gasteiger partial charge in [0.25, 0.3) is 0 Å². The van der Waals surface area contributed by atoms with Gasteiger partial charge in [-0.1, -0.05) is 12.2 Å². The lowest BCUT2D eigenvalue weighted by molar-refractivity contribution is -0.120. The molecule has 2 N–H and O–H groups in total. The summed E-state index contributed by atoms with van der Waals surface area (Å²) < 4.78 is 0. The Bertz CT molecular complexity index is 346. The Labute approximate surface area is 100 Å². The Hall–Kier alpha value is -2.03. The molecule has 1 aliphatic heterocycles. The molecule has 92 valence electrons. The van der Waals surface area contributed by atoms with Gasteiger partial charge in [-0.15, -0.1) is 0 Å². The van der Waals surface area contributed by atoms with Crippen LogP contribution < -0.4 is 10.6 Å². The second kappa shape index (κ2) is 7.28. The van der Waals surface area contributed by atoms with Crippen LogP contribution in [-0.4, -0.2) is 43.0 Å². The van der Waals surface area contributed by atoms with E-state index in [1.54, 1.807) is 4.90 Å². The topological polar surface area (TPSA) is 85.2 Å². The Kier molecular flexibility index (Phi) is 5.58. The molecule has 6 nitrogen and oxygen atoms in total. The molecule has 1 heterocycles. The summed E-state index contributed by atoms with van der Waals surface area (Å²) >= 11 is 0. The van der Waals surface area contributed by atoms with Gasteiger partial charge in [0.15, 0.2) is 0 Å². The summed E-state index contributed by atoms with van der Waals surface area (Å²) in [4.78, 5) is 24.5. The van der Waals surface area contributed by atoms with Gasteiger partial charge in [0.05, 0.1) is 19.0 Å². The monoisotopic (exact) mass is 236 g/mol. The van der Waals surface area contributed by atoms with Crippen LogP contribution in [0, 0.1) is 11.3 Å². The largest absolute Gasteiger partial charge is 0.354 e. The predicted molar refractivity (Wildman–Crippen MR) is 62.0 cm³/mol. The predicted octanol–water partition coefficient (Wildman–Crippen LogP) is -0.0122. The van der Waals surface area contributed by atoms with Gasteiger partial charge in [0.1, 0.15) is 0 Å². The van der Waals surface area contributed by atoms with Crippen molar-refractivity contribution in [2.45, 2.75) is 12.8 Å². The summed E-state index contributed by atoms with van der Waals surface area (Å²) in [6, 6.07) is 1.69. The van der Waals surface area contributed by atoms with E-state index in [4.69, 9.17) is 5.26 Å². The highest BCUT2D eigenvalue weighted by Crippen LogP contribution is 2.00. The van der Waals surface area contributed by atoms with Gasteiger partial charge < -0.3 is 15.5 Å². The molecular weight excluding hydrogens is 220 g/mol. The molecule has 17 heavy (non-hydrogen) atoms. The van der Waals surface area contributed by atoms with Gasteiger partial charge in [-0.05, 0) is 6.42 Å². The average molecular weight is 236 g/mol. The maximum absolute atomic E-state index is 11.6. The number of hydrogen-bond donors (Lipinski definition) is 2. The van der Waals surface area contributed by atoms with Crippen LogP contribution in [-0.2, 0) is 4.79 Å². The lowest BCUT2D eigenvalue weighted by Gasteiger charge is -2.23. The van der Waals surface area contributed by atoms with Gasteiger partial charge in [-0.2, -0.15) is 5.26 Å². The smallest absolute Gasteiger partial charge is 0.318 e. The minimum absolute atomic E-state index is 0.0511. The van der Waals surface area contributed by atoms with E-state index in [-0.39, 0.29) is 24.9 Å². The van der Waals surface area contributed by atoms with Crippen molar-refractivity contribution in [2.24, 2.45) is 0 Å². The highest BCUT2D eigenvalue weighted by molar-refractivity contribution is 5.84. The van der Waals surface area contributed by atoms with Crippen molar-refractivity contribution in [3.05, 3.63) is 12.2 Å². The molecule has 0 aliphatic carbocycles. The number of urea groups is 1. The van der Waals surface area contributed by atoms with Gasteiger partial charge in [0.2, 0.25) is 5.91 Å². The first kappa shape index (κ1) is 13.0. The number of amides is 3. The summed E-state index contributed by atoms with van der Waals surface area (Å²) in [5, 5.41) is 13.4. The third-order valence-electron chi connectivity index (χ3n) is 2.30. The van der Waals surface area contributed by atoms with Crippen molar-refractivity contribution < 1.29 is 9.59 Å². The SMILES string of the molecule is N#CCCNC(=O)CNC(=O)N1CC=CCC1. The first-order valence-electron chi connectivity index (χ1n) is 5.55. The second-order valence-electron chi connectivity index (χ2n) is 3.62. The molecule has 1 aliphatic rings. The quantitative estimate of drug-likeness (QED) is 0.531. The van der Waals surface area contributed by atoms with Crippen LogP contribution >= 0.6 is 0 Å². The summed E-state index contributed by atoms with van der Waals surface area (Å²) in [6.07, 6.45) is 5.08. The zero-order valence-corrected chi connectivity index (χ0v) is 9.61. The molecule has 0 saturated carbocycles. The van der Waals surface area contributed by atoms with Crippen LogP contribution in [0.15, 0.2) is 12.2 Å². The third-order valence-corrected chi connectivity index (χ3v) is 2.30. The second-order valence-corrected chi connectivity index (χ2v) is 3.62. The van der Waals surface area contributed by atoms with Crippen LogP contribution in [0.5, 0.6) is 0 Å². The molecule has 0 bridgehead atoms. The maximum atomic E-state index is 11.6. The minimum Gasteiger partial charge on any atom is -0.354 e. The fourth-order valence-corrected chi connectivity index (χ4v) is 1.41. The van der Waals surface area contributed by atoms with Crippen LogP contribution in [0.3, 0.4) is 0 Å². The first-order chi connectivity index (χ1) is 8.24. The van der Waals surface area contributed by atoms with Gasteiger partial charge in [-0.25, -0.2) is 4.79 Å². The molecule has 0 radical (unpaired) electrons. The Morgan fingerprint density at radius 1 is 1.35 bits per heavy atom. The van der Waals surface area contributed by atoms with Crippen molar-refractivity contribution in [1.82, 2.24) is 15.5 Å². The number of carbonyl (C=O) groups is 2. The fraction of sp³-hybridized carbons (Fsp3) is 0.545. The molecule has 0 spiro atoms. The van der Waals surface area contributed by atoms with Crippen LogP contribution in [0.2, 0.25) is 0 Å². The van der Waals surface area contributed by atoms with Gasteiger partial charge in [-0.3, -0.25) is 4.79 Å². The summed E-state index contributed by atoms with van der Waals surface area (Å²) in [7, 11) is 0. The van der Waals surface area contributed by atoms with E-state index >= 15 is 0 Å². The molecule has 0 saturated heterocycles. The molecular formula is C11H16N4O2. The lowest BCUT2D eigenvalue weighted by atomic mass is 10.3. The molecule has 0 aromatic rings. The molecule has 0 aromatic carbocycles. The molecule has 0 fully saturated rings. The highest BCUT2D eigenvalue weighted by atomic mass is 16.2. The Balaban J connectivity index is 2.17. The van der Waals surface area contributed by atoms with Crippen molar-refractivity contribution in [3.63, 3.8) is 0 Å². The van der Waals surface area contributed by atoms with E-state index in [9.17, 15) is 9.59 Å². The van der Waals surface area contributed by atoms with Gasteiger partial charge in [0, 0.05) is 19.6 Å². The van der Waals surface area contributed by atoms with E-state index < -0.39 is 0 Å². The van der Waals surface area contributed by atoms with Crippen molar-refractivity contribution in [1.29, 1.82) is 5.26 Å². The van der Waals surface area contributed by atoms with E-state index in [0.29, 0.717) is 19.6 Å². The normalized spacial score (nSPS) is 13.9. The highest BCUT2D eigenvalue weighted by Gasteiger charge is 2.13. The van der Waals surface area contributed by atoms with E-state index in [0.717, 1.165) is 6.42 Å². The summed E-state index contributed by atoms with van der Waals surface area (Å²) in [5.41, 5.74) is 0. The summed E-state index contributed by atoms with van der Waals surface area (Å²) in [6.45, 7) is 1.53. The van der Waals surface area contributed by atoms with Gasteiger partial charge >= 0.3 is 6.03 Å². The van der Waals surface area contributed by atoms with Crippen LogP contribution in [0.4, 0.5) is 4.79 Å². The Morgan fingerprint density at radius 3 is 2.82 bits per heavy atom. The van der Waals surface area contributed by atoms with E-state index in [1.807, 2.05) is 18.2 Å². The number of nitrogens with one attached hydrogen (secondary N) is 2. The number of nitriles is 1. The minimum atomic E-state index is -0.277. The lowest BCUT2D eigenvalue weighted by Crippen LogP contribution is -2.45. The van der Waals surface area contributed by atoms with Crippen LogP contribution in [0.25, 0.3) is 0 Å². The standard InChI is InChI=1S/C11H16N4O2/c12-5-4-6-13-10(16)9-14-11(17)15-7-2-1-3-8-15/h1-2H,3-4,6-9H2,(H,13,16)(H,14,17). The van der Waals surface area contributed by atoms with Crippen LogP contribution in [0.1, 0.15) is 12.8 Å². The summed E-state index contributed by atoms with van der Waals surface area (Å²) in [5.74, 6) is -0.277. The maximum Gasteiger partial charge on any atom is 0.318 e. The van der Waals surface area contributed by atoms with Crippen molar-refractivity contribution >= 4 is 11.9 Å². The number of hydrogen-bond acceptors (Lipinski definition) is 3. The van der Waals surface area contributed by atoms with Crippen molar-refractivity contribution in [2.75, 3.05) is 26.2 Å². The molecule has 0 unspecified atom stereocenters. The van der Waals surface area contributed by atoms with Crippen molar-refractivity contribution in [3.8, 4) is 6.07 Å². The first-order valence-corrected chi connectivity index (χ1v) is 5.55. The zero-order valence-electron chi connectivity index (χ0n) is 9.61. The molecule has 6 heteroatoms. The number of carbonyl (C=O) groups excluding carboxylic acids is 2. The van der Waals surface area contributed by atoms with E-state index in [2.05, 4.69) is 10.6 Å². The third kappa shape index (κ3) is 5.02. The molecule has 0 aromatic heterocycles.